The molecule has 1 aliphatic heterocycles. The van der Waals surface area contributed by atoms with Crippen LogP contribution in [0.4, 0.5) is 0 Å². The number of aliphatic carboxylic acids is 1. The number of carbonyl (C=O) groups excluding carboxylic acids is 1. The number of nitrogens with zero attached hydrogens (tertiary/aromatic N) is 1. The van der Waals surface area contributed by atoms with Crippen molar-refractivity contribution in [3.8, 4) is 0 Å². The summed E-state index contributed by atoms with van der Waals surface area (Å²) in [5.74, 6) is -2.14. The standard InChI is InChI=1S/C14H15Cl2NO4/c1-21-6-5-17-11(18)7-8(14(19)20)13(17)12-9(15)3-2-4-10(12)16/h2-4,8,13H,5-7H2,1H3,(H,19,20). The molecular formula is C14H15Cl2NO4. The van der Waals surface area contributed by atoms with Gasteiger partial charge in [0.25, 0.3) is 0 Å². The third-order valence-electron chi connectivity index (χ3n) is 3.58. The van der Waals surface area contributed by atoms with E-state index in [4.69, 9.17) is 27.9 Å². The normalized spacial score (nSPS) is 21.9. The number of carbonyl (C=O) groups is 2. The molecule has 1 saturated heterocycles. The quantitative estimate of drug-likeness (QED) is 0.900. The largest absolute Gasteiger partial charge is 0.481 e. The predicted molar refractivity (Wildman–Crippen MR) is 78.5 cm³/mol. The summed E-state index contributed by atoms with van der Waals surface area (Å²) in [5.41, 5.74) is 0.482. The molecule has 1 aromatic carbocycles. The monoisotopic (exact) mass is 331 g/mol. The first kappa shape index (κ1) is 16.1. The van der Waals surface area contributed by atoms with Gasteiger partial charge in [-0.2, -0.15) is 0 Å². The Kier molecular flexibility index (Phi) is 5.08. The summed E-state index contributed by atoms with van der Waals surface area (Å²) in [6.45, 7) is 0.613. The zero-order valence-electron chi connectivity index (χ0n) is 11.4. The Balaban J connectivity index is 2.46. The van der Waals surface area contributed by atoms with Gasteiger partial charge in [-0.25, -0.2) is 0 Å². The number of carboxylic acids is 1. The van der Waals surface area contributed by atoms with E-state index in [0.29, 0.717) is 28.8 Å². The smallest absolute Gasteiger partial charge is 0.309 e. The number of ether oxygens (including phenoxy) is 1. The Labute approximate surface area is 132 Å². The van der Waals surface area contributed by atoms with E-state index < -0.39 is 17.9 Å². The Hall–Kier alpha value is -1.30. The molecule has 2 unspecified atom stereocenters. The molecule has 7 heteroatoms. The Bertz CT molecular complexity index is 544. The molecule has 0 radical (unpaired) electrons. The first-order valence-electron chi connectivity index (χ1n) is 6.42. The second-order valence-corrected chi connectivity index (χ2v) is 5.62. The molecule has 2 rings (SSSR count). The molecule has 1 amide bonds. The topological polar surface area (TPSA) is 66.8 Å². The Morgan fingerprint density at radius 2 is 2.05 bits per heavy atom. The van der Waals surface area contributed by atoms with Crippen LogP contribution in [0.2, 0.25) is 10.0 Å². The van der Waals surface area contributed by atoms with Crippen molar-refractivity contribution in [2.24, 2.45) is 5.92 Å². The van der Waals surface area contributed by atoms with Gasteiger partial charge in [-0.3, -0.25) is 9.59 Å². The number of benzene rings is 1. The molecule has 114 valence electrons. The summed E-state index contributed by atoms with van der Waals surface area (Å²) in [4.78, 5) is 25.1. The summed E-state index contributed by atoms with van der Waals surface area (Å²) >= 11 is 12.4. The molecule has 1 aliphatic rings. The number of halogens is 2. The van der Waals surface area contributed by atoms with Crippen LogP contribution in [0.5, 0.6) is 0 Å². The predicted octanol–water partition coefficient (Wildman–Crippen LogP) is 2.61. The molecule has 21 heavy (non-hydrogen) atoms. The maximum Gasteiger partial charge on any atom is 0.309 e. The number of likely N-dealkylation sites (tertiary alicyclic amines) is 1. The van der Waals surface area contributed by atoms with Gasteiger partial charge >= 0.3 is 5.97 Å². The molecule has 0 bridgehead atoms. The molecule has 1 fully saturated rings. The maximum absolute atomic E-state index is 12.1. The van der Waals surface area contributed by atoms with Crippen LogP contribution in [0.1, 0.15) is 18.0 Å². The maximum atomic E-state index is 12.1. The van der Waals surface area contributed by atoms with Gasteiger partial charge in [0.2, 0.25) is 5.91 Å². The first-order valence-corrected chi connectivity index (χ1v) is 7.18. The van der Waals surface area contributed by atoms with Gasteiger partial charge in [0.05, 0.1) is 18.6 Å². The molecular weight excluding hydrogens is 317 g/mol. The Morgan fingerprint density at radius 3 is 2.57 bits per heavy atom. The van der Waals surface area contributed by atoms with Crippen LogP contribution in [-0.2, 0) is 14.3 Å². The summed E-state index contributed by atoms with van der Waals surface area (Å²) in [5, 5.41) is 10.1. The lowest BCUT2D eigenvalue weighted by atomic mass is 9.93. The molecule has 5 nitrogen and oxygen atoms in total. The minimum atomic E-state index is -1.04. The molecule has 0 aromatic heterocycles. The number of methoxy groups -OCH3 is 1. The summed E-state index contributed by atoms with van der Waals surface area (Å²) in [6, 6.07) is 4.28. The van der Waals surface area contributed by atoms with E-state index >= 15 is 0 Å². The van der Waals surface area contributed by atoms with Crippen molar-refractivity contribution in [1.29, 1.82) is 0 Å². The molecule has 1 heterocycles. The van der Waals surface area contributed by atoms with Crippen molar-refractivity contribution < 1.29 is 19.4 Å². The lowest BCUT2D eigenvalue weighted by Gasteiger charge is -2.28. The molecule has 0 aliphatic carbocycles. The number of hydrogen-bond acceptors (Lipinski definition) is 3. The molecule has 2 atom stereocenters. The van der Waals surface area contributed by atoms with E-state index in [2.05, 4.69) is 0 Å². The summed E-state index contributed by atoms with van der Waals surface area (Å²) < 4.78 is 4.99. The van der Waals surface area contributed by atoms with Crippen LogP contribution in [0.25, 0.3) is 0 Å². The van der Waals surface area contributed by atoms with Crippen molar-refractivity contribution in [3.63, 3.8) is 0 Å². The Morgan fingerprint density at radius 1 is 1.43 bits per heavy atom. The summed E-state index contributed by atoms with van der Waals surface area (Å²) in [7, 11) is 1.52. The van der Waals surface area contributed by atoms with Crippen LogP contribution < -0.4 is 0 Å². The number of amides is 1. The highest BCUT2D eigenvalue weighted by atomic mass is 35.5. The molecule has 0 spiro atoms. The van der Waals surface area contributed by atoms with Gasteiger partial charge in [0, 0.05) is 35.7 Å². The van der Waals surface area contributed by atoms with E-state index in [1.165, 1.54) is 12.0 Å². The minimum absolute atomic E-state index is 0.0642. The van der Waals surface area contributed by atoms with Crippen LogP contribution >= 0.6 is 23.2 Å². The van der Waals surface area contributed by atoms with Crippen molar-refractivity contribution >= 4 is 35.1 Å². The van der Waals surface area contributed by atoms with Gasteiger partial charge in [-0.05, 0) is 12.1 Å². The van der Waals surface area contributed by atoms with Crippen LogP contribution in [0.15, 0.2) is 18.2 Å². The zero-order chi connectivity index (χ0) is 15.6. The SMILES string of the molecule is COCCN1C(=O)CC(C(=O)O)C1c1c(Cl)cccc1Cl. The zero-order valence-corrected chi connectivity index (χ0v) is 12.9. The highest BCUT2D eigenvalue weighted by Gasteiger charge is 2.45. The van der Waals surface area contributed by atoms with E-state index in [0.717, 1.165) is 0 Å². The van der Waals surface area contributed by atoms with Crippen LogP contribution in [0.3, 0.4) is 0 Å². The minimum Gasteiger partial charge on any atom is -0.481 e. The highest BCUT2D eigenvalue weighted by Crippen LogP contribution is 2.43. The van der Waals surface area contributed by atoms with Crippen molar-refractivity contribution in [2.45, 2.75) is 12.5 Å². The third-order valence-corrected chi connectivity index (χ3v) is 4.24. The third kappa shape index (κ3) is 3.15. The average molecular weight is 332 g/mol. The second kappa shape index (κ2) is 6.64. The van der Waals surface area contributed by atoms with Gasteiger partial charge in [0.1, 0.15) is 0 Å². The number of rotatable bonds is 5. The highest BCUT2D eigenvalue weighted by molar-refractivity contribution is 6.36. The van der Waals surface area contributed by atoms with Crippen molar-refractivity contribution in [1.82, 2.24) is 4.90 Å². The summed E-state index contributed by atoms with van der Waals surface area (Å²) in [6.07, 6.45) is -0.0642. The van der Waals surface area contributed by atoms with Gasteiger partial charge in [-0.15, -0.1) is 0 Å². The van der Waals surface area contributed by atoms with Crippen LogP contribution in [-0.4, -0.2) is 42.1 Å². The van der Waals surface area contributed by atoms with Crippen LogP contribution in [0, 0.1) is 5.92 Å². The van der Waals surface area contributed by atoms with Gasteiger partial charge in [-0.1, -0.05) is 29.3 Å². The molecule has 1 N–H and O–H groups in total. The molecule has 0 saturated carbocycles. The van der Waals surface area contributed by atoms with Gasteiger partial charge < -0.3 is 14.7 Å². The average Bonchev–Trinajstić information content (AvgIpc) is 2.74. The lowest BCUT2D eigenvalue weighted by Crippen LogP contribution is -2.33. The van der Waals surface area contributed by atoms with E-state index in [-0.39, 0.29) is 12.3 Å². The number of carboxylic acid groups (broad SMARTS) is 1. The fourth-order valence-corrected chi connectivity index (χ4v) is 3.24. The van der Waals surface area contributed by atoms with Gasteiger partial charge in [0.15, 0.2) is 0 Å². The lowest BCUT2D eigenvalue weighted by molar-refractivity contribution is -0.142. The van der Waals surface area contributed by atoms with Crippen molar-refractivity contribution in [2.75, 3.05) is 20.3 Å². The first-order chi connectivity index (χ1) is 9.97. The van der Waals surface area contributed by atoms with E-state index in [1.807, 2.05) is 0 Å². The van der Waals surface area contributed by atoms with Crippen molar-refractivity contribution in [3.05, 3.63) is 33.8 Å². The fourth-order valence-electron chi connectivity index (χ4n) is 2.62. The number of hydrogen-bond donors (Lipinski definition) is 1. The molecule has 1 aromatic rings. The second-order valence-electron chi connectivity index (χ2n) is 4.81. The fraction of sp³-hybridized carbons (Fsp3) is 0.429. The van der Waals surface area contributed by atoms with E-state index in [9.17, 15) is 14.7 Å². The van der Waals surface area contributed by atoms with E-state index in [1.54, 1.807) is 18.2 Å².